The zero-order valence-electron chi connectivity index (χ0n) is 12.8. The van der Waals surface area contributed by atoms with Gasteiger partial charge in [0.05, 0.1) is 0 Å². The quantitative estimate of drug-likeness (QED) is 0.915. The highest BCUT2D eigenvalue weighted by Gasteiger charge is 2.15. The molecule has 1 N–H and O–H groups in total. The Balaban J connectivity index is 1.55. The van der Waals surface area contributed by atoms with Gasteiger partial charge in [0.15, 0.2) is 0 Å². The molecule has 1 heterocycles. The van der Waals surface area contributed by atoms with Crippen molar-refractivity contribution in [2.75, 3.05) is 0 Å². The number of rotatable bonds is 4. The maximum absolute atomic E-state index is 12.0. The summed E-state index contributed by atoms with van der Waals surface area (Å²) < 4.78 is 2.13. The van der Waals surface area contributed by atoms with E-state index >= 15 is 0 Å². The fourth-order valence-corrected chi connectivity index (χ4v) is 3.27. The topological polar surface area (TPSA) is 34.0 Å². The lowest BCUT2D eigenvalue weighted by Crippen LogP contribution is -2.36. The number of hydrogen-bond donors (Lipinski definition) is 1. The van der Waals surface area contributed by atoms with Gasteiger partial charge in [0, 0.05) is 31.2 Å². The molecular formula is C18H24N2O. The lowest BCUT2D eigenvalue weighted by molar-refractivity contribution is -0.121. The SMILES string of the molecule is Cn1ccc2ccc(CCC(=O)NC3CCCCC3)cc21. The van der Waals surface area contributed by atoms with E-state index in [0.29, 0.717) is 12.5 Å². The molecule has 0 radical (unpaired) electrons. The van der Waals surface area contributed by atoms with Crippen LogP contribution in [0.3, 0.4) is 0 Å². The highest BCUT2D eigenvalue weighted by Crippen LogP contribution is 2.19. The number of nitrogens with one attached hydrogen (secondary N) is 1. The zero-order valence-corrected chi connectivity index (χ0v) is 12.8. The molecule has 3 rings (SSSR count). The second-order valence-corrected chi connectivity index (χ2v) is 6.22. The van der Waals surface area contributed by atoms with Crippen molar-refractivity contribution >= 4 is 16.8 Å². The Morgan fingerprint density at radius 3 is 2.86 bits per heavy atom. The first-order chi connectivity index (χ1) is 10.2. The third-order valence-electron chi connectivity index (χ3n) is 4.56. The van der Waals surface area contributed by atoms with Crippen molar-refractivity contribution in [3.05, 3.63) is 36.0 Å². The summed E-state index contributed by atoms with van der Waals surface area (Å²) in [5.41, 5.74) is 2.48. The average molecular weight is 284 g/mol. The molecule has 3 nitrogen and oxygen atoms in total. The van der Waals surface area contributed by atoms with Gasteiger partial charge in [-0.2, -0.15) is 0 Å². The molecule has 0 spiro atoms. The van der Waals surface area contributed by atoms with E-state index in [2.05, 4.69) is 47.4 Å². The summed E-state index contributed by atoms with van der Waals surface area (Å²) in [6, 6.07) is 9.01. The Morgan fingerprint density at radius 1 is 1.24 bits per heavy atom. The van der Waals surface area contributed by atoms with Crippen molar-refractivity contribution in [1.82, 2.24) is 9.88 Å². The van der Waals surface area contributed by atoms with Crippen LogP contribution in [0.4, 0.5) is 0 Å². The molecule has 1 aliphatic rings. The van der Waals surface area contributed by atoms with Crippen LogP contribution in [-0.4, -0.2) is 16.5 Å². The summed E-state index contributed by atoms with van der Waals surface area (Å²) in [7, 11) is 2.06. The number of nitrogens with zero attached hydrogens (tertiary/aromatic N) is 1. The van der Waals surface area contributed by atoms with Crippen molar-refractivity contribution < 1.29 is 4.79 Å². The van der Waals surface area contributed by atoms with Crippen LogP contribution >= 0.6 is 0 Å². The predicted octanol–water partition coefficient (Wildman–Crippen LogP) is 3.56. The number of fused-ring (bicyclic) bond motifs is 1. The minimum atomic E-state index is 0.203. The summed E-state index contributed by atoms with van der Waals surface area (Å²) in [4.78, 5) is 12.0. The number of aryl methyl sites for hydroxylation is 2. The van der Waals surface area contributed by atoms with Crippen LogP contribution in [0, 0.1) is 0 Å². The third kappa shape index (κ3) is 3.46. The Labute approximate surface area is 126 Å². The normalized spacial score (nSPS) is 16.2. The smallest absolute Gasteiger partial charge is 0.220 e. The lowest BCUT2D eigenvalue weighted by atomic mass is 9.95. The fraction of sp³-hybridized carbons (Fsp3) is 0.500. The van der Waals surface area contributed by atoms with E-state index in [0.717, 1.165) is 19.3 Å². The molecule has 1 saturated carbocycles. The molecule has 3 heteroatoms. The van der Waals surface area contributed by atoms with E-state index in [9.17, 15) is 4.79 Å². The van der Waals surface area contributed by atoms with E-state index in [1.165, 1.54) is 35.7 Å². The molecule has 0 aliphatic heterocycles. The highest BCUT2D eigenvalue weighted by atomic mass is 16.1. The molecule has 112 valence electrons. The third-order valence-corrected chi connectivity index (χ3v) is 4.56. The summed E-state index contributed by atoms with van der Waals surface area (Å²) in [5.74, 6) is 0.203. The van der Waals surface area contributed by atoms with Crippen LogP contribution in [0.25, 0.3) is 10.9 Å². The van der Waals surface area contributed by atoms with E-state index < -0.39 is 0 Å². The van der Waals surface area contributed by atoms with Crippen LogP contribution < -0.4 is 5.32 Å². The van der Waals surface area contributed by atoms with Gasteiger partial charge in [-0.05, 0) is 42.3 Å². The van der Waals surface area contributed by atoms with Gasteiger partial charge in [0.1, 0.15) is 0 Å². The van der Waals surface area contributed by atoms with Gasteiger partial charge in [-0.1, -0.05) is 31.4 Å². The molecule has 2 aromatic rings. The van der Waals surface area contributed by atoms with Crippen LogP contribution in [0.15, 0.2) is 30.5 Å². The minimum absolute atomic E-state index is 0.203. The first kappa shape index (κ1) is 14.2. The summed E-state index contributed by atoms with van der Waals surface area (Å²) in [6.07, 6.45) is 9.63. The predicted molar refractivity (Wildman–Crippen MR) is 86.3 cm³/mol. The van der Waals surface area contributed by atoms with Crippen LogP contribution in [-0.2, 0) is 18.3 Å². The molecule has 21 heavy (non-hydrogen) atoms. The number of benzene rings is 1. The standard InChI is InChI=1S/C18H24N2O/c1-20-12-11-15-9-7-14(13-17(15)20)8-10-18(21)19-16-5-3-2-4-6-16/h7,9,11-13,16H,2-6,8,10H2,1H3,(H,19,21). The van der Waals surface area contributed by atoms with E-state index in [4.69, 9.17) is 0 Å². The first-order valence-corrected chi connectivity index (χ1v) is 8.06. The summed E-state index contributed by atoms with van der Waals surface area (Å²) in [5, 5.41) is 4.45. The Hall–Kier alpha value is -1.77. The molecule has 1 aromatic carbocycles. The maximum atomic E-state index is 12.0. The van der Waals surface area contributed by atoms with E-state index in [1.54, 1.807) is 0 Å². The van der Waals surface area contributed by atoms with Crippen LogP contribution in [0.2, 0.25) is 0 Å². The van der Waals surface area contributed by atoms with Crippen LogP contribution in [0.5, 0.6) is 0 Å². The molecule has 0 bridgehead atoms. The van der Waals surface area contributed by atoms with E-state index in [1.807, 2.05) is 0 Å². The summed E-state index contributed by atoms with van der Waals surface area (Å²) >= 11 is 0. The molecule has 0 unspecified atom stereocenters. The first-order valence-electron chi connectivity index (χ1n) is 8.06. The number of amides is 1. The average Bonchev–Trinajstić information content (AvgIpc) is 2.87. The highest BCUT2D eigenvalue weighted by molar-refractivity contribution is 5.81. The van der Waals surface area contributed by atoms with Crippen LogP contribution in [0.1, 0.15) is 44.1 Å². The molecule has 1 aliphatic carbocycles. The minimum Gasteiger partial charge on any atom is -0.353 e. The molecule has 1 amide bonds. The van der Waals surface area contributed by atoms with Crippen molar-refractivity contribution in [3.8, 4) is 0 Å². The number of carbonyl (C=O) groups excluding carboxylic acids is 1. The molecule has 1 aromatic heterocycles. The van der Waals surface area contributed by atoms with Crippen molar-refractivity contribution in [2.24, 2.45) is 7.05 Å². The second kappa shape index (κ2) is 6.33. The largest absolute Gasteiger partial charge is 0.353 e. The van der Waals surface area contributed by atoms with Gasteiger partial charge < -0.3 is 9.88 Å². The van der Waals surface area contributed by atoms with E-state index in [-0.39, 0.29) is 5.91 Å². The van der Waals surface area contributed by atoms with Crippen molar-refractivity contribution in [1.29, 1.82) is 0 Å². The second-order valence-electron chi connectivity index (χ2n) is 6.22. The summed E-state index contributed by atoms with van der Waals surface area (Å²) in [6.45, 7) is 0. The van der Waals surface area contributed by atoms with Gasteiger partial charge in [0.2, 0.25) is 5.91 Å². The molecule has 1 fully saturated rings. The van der Waals surface area contributed by atoms with Gasteiger partial charge in [-0.3, -0.25) is 4.79 Å². The van der Waals surface area contributed by atoms with Crippen molar-refractivity contribution in [2.45, 2.75) is 51.0 Å². The Kier molecular flexibility index (Phi) is 4.28. The van der Waals surface area contributed by atoms with Crippen molar-refractivity contribution in [3.63, 3.8) is 0 Å². The number of carbonyl (C=O) groups is 1. The van der Waals surface area contributed by atoms with Gasteiger partial charge in [-0.25, -0.2) is 0 Å². The lowest BCUT2D eigenvalue weighted by Gasteiger charge is -2.22. The molecule has 0 saturated heterocycles. The Bertz CT molecular complexity index is 623. The monoisotopic (exact) mass is 284 g/mol. The maximum Gasteiger partial charge on any atom is 0.220 e. The number of hydrogen-bond acceptors (Lipinski definition) is 1. The van der Waals surface area contributed by atoms with Gasteiger partial charge >= 0.3 is 0 Å². The van der Waals surface area contributed by atoms with Gasteiger partial charge in [-0.15, -0.1) is 0 Å². The Morgan fingerprint density at radius 2 is 2.05 bits per heavy atom. The molecule has 0 atom stereocenters. The fourth-order valence-electron chi connectivity index (χ4n) is 3.27. The number of aromatic nitrogens is 1. The van der Waals surface area contributed by atoms with Gasteiger partial charge in [0.25, 0.3) is 0 Å². The molecular weight excluding hydrogens is 260 g/mol. The zero-order chi connectivity index (χ0) is 14.7.